The summed E-state index contributed by atoms with van der Waals surface area (Å²) >= 11 is 3.43. The Bertz CT molecular complexity index is 700. The maximum Gasteiger partial charge on any atom is 0.115 e. The summed E-state index contributed by atoms with van der Waals surface area (Å²) in [5.74, 6) is 0. The molecule has 0 amide bonds. The van der Waals surface area contributed by atoms with Crippen LogP contribution in [0.4, 0.5) is 5.69 Å². The summed E-state index contributed by atoms with van der Waals surface area (Å²) in [7, 11) is 0. The Morgan fingerprint density at radius 2 is 1.95 bits per heavy atom. The normalized spacial score (nSPS) is 10.6. The Morgan fingerprint density at radius 1 is 1.11 bits per heavy atom. The van der Waals surface area contributed by atoms with Gasteiger partial charge in [0.2, 0.25) is 0 Å². The minimum Gasteiger partial charge on any atom is -0.379 e. The molecule has 0 aliphatic rings. The van der Waals surface area contributed by atoms with Gasteiger partial charge in [-0.15, -0.1) is 0 Å². The van der Waals surface area contributed by atoms with Gasteiger partial charge >= 0.3 is 0 Å². The van der Waals surface area contributed by atoms with Crippen LogP contribution in [0.1, 0.15) is 5.56 Å². The number of fused-ring (bicyclic) bond motifs is 1. The fourth-order valence-electron chi connectivity index (χ4n) is 1.90. The van der Waals surface area contributed by atoms with Crippen LogP contribution in [0.25, 0.3) is 10.9 Å². The molecule has 1 aromatic carbocycles. The Balaban J connectivity index is 1.89. The zero-order valence-corrected chi connectivity index (χ0v) is 11.6. The number of hydrogen-bond acceptors (Lipinski definition) is 4. The first-order valence-electron chi connectivity index (χ1n) is 5.85. The fraction of sp³-hybridized carbons (Fsp3) is 0.0714. The standard InChI is InChI=1S/C14H11BrN4/c15-12-4-11-2-1-3-13(14(11)19-8-12)18-7-10-5-16-9-17-6-10/h1-6,8-9,18H,7H2. The summed E-state index contributed by atoms with van der Waals surface area (Å²) in [6.07, 6.45) is 6.93. The number of rotatable bonds is 3. The SMILES string of the molecule is Brc1cnc2c(NCc3cncnc3)cccc2c1. The third-order valence-corrected chi connectivity index (χ3v) is 3.21. The highest BCUT2D eigenvalue weighted by Gasteiger charge is 2.02. The molecule has 0 saturated heterocycles. The maximum absolute atomic E-state index is 4.45. The predicted octanol–water partition coefficient (Wildman–Crippen LogP) is 3.40. The first-order chi connectivity index (χ1) is 9.33. The first-order valence-corrected chi connectivity index (χ1v) is 6.64. The number of benzene rings is 1. The minimum absolute atomic E-state index is 0.678. The number of halogens is 1. The Morgan fingerprint density at radius 3 is 2.79 bits per heavy atom. The number of para-hydroxylation sites is 1. The topological polar surface area (TPSA) is 50.7 Å². The van der Waals surface area contributed by atoms with Crippen LogP contribution in [0.5, 0.6) is 0 Å². The Kier molecular flexibility index (Phi) is 3.37. The number of pyridine rings is 1. The molecule has 19 heavy (non-hydrogen) atoms. The van der Waals surface area contributed by atoms with E-state index in [1.54, 1.807) is 18.6 Å². The minimum atomic E-state index is 0.678. The van der Waals surface area contributed by atoms with Gasteiger partial charge in [0.25, 0.3) is 0 Å². The smallest absolute Gasteiger partial charge is 0.115 e. The van der Waals surface area contributed by atoms with E-state index in [2.05, 4.69) is 42.3 Å². The quantitative estimate of drug-likeness (QED) is 0.805. The molecule has 0 radical (unpaired) electrons. The molecular weight excluding hydrogens is 304 g/mol. The van der Waals surface area contributed by atoms with Crippen molar-refractivity contribution < 1.29 is 0 Å². The zero-order valence-electron chi connectivity index (χ0n) is 10.0. The molecule has 5 heteroatoms. The lowest BCUT2D eigenvalue weighted by Gasteiger charge is -2.08. The fourth-order valence-corrected chi connectivity index (χ4v) is 2.24. The summed E-state index contributed by atoms with van der Waals surface area (Å²) in [5, 5.41) is 4.47. The van der Waals surface area contributed by atoms with Crippen LogP contribution < -0.4 is 5.32 Å². The number of hydrogen-bond donors (Lipinski definition) is 1. The highest BCUT2D eigenvalue weighted by Crippen LogP contribution is 2.24. The van der Waals surface area contributed by atoms with E-state index in [1.807, 2.05) is 18.2 Å². The molecule has 0 aliphatic carbocycles. The summed E-state index contributed by atoms with van der Waals surface area (Å²) in [4.78, 5) is 12.4. The largest absolute Gasteiger partial charge is 0.379 e. The van der Waals surface area contributed by atoms with Gasteiger partial charge in [0, 0.05) is 40.6 Å². The van der Waals surface area contributed by atoms with Crippen LogP contribution in [-0.2, 0) is 6.54 Å². The highest BCUT2D eigenvalue weighted by atomic mass is 79.9. The van der Waals surface area contributed by atoms with E-state index < -0.39 is 0 Å². The lowest BCUT2D eigenvalue weighted by molar-refractivity contribution is 1.05. The van der Waals surface area contributed by atoms with Crippen LogP contribution in [0, 0.1) is 0 Å². The van der Waals surface area contributed by atoms with Crippen molar-refractivity contribution in [3.05, 3.63) is 59.2 Å². The van der Waals surface area contributed by atoms with Gasteiger partial charge in [-0.1, -0.05) is 12.1 Å². The summed E-state index contributed by atoms with van der Waals surface area (Å²) in [5.41, 5.74) is 3.01. The molecule has 0 atom stereocenters. The van der Waals surface area contributed by atoms with E-state index in [9.17, 15) is 0 Å². The van der Waals surface area contributed by atoms with Crippen LogP contribution in [0.3, 0.4) is 0 Å². The molecule has 94 valence electrons. The second-order valence-corrected chi connectivity index (χ2v) is 5.05. The van der Waals surface area contributed by atoms with Gasteiger partial charge in [-0.25, -0.2) is 9.97 Å². The second kappa shape index (κ2) is 5.32. The van der Waals surface area contributed by atoms with Gasteiger partial charge in [-0.3, -0.25) is 4.98 Å². The highest BCUT2D eigenvalue weighted by molar-refractivity contribution is 9.10. The van der Waals surface area contributed by atoms with E-state index >= 15 is 0 Å². The van der Waals surface area contributed by atoms with E-state index in [0.717, 1.165) is 26.6 Å². The van der Waals surface area contributed by atoms with Gasteiger partial charge in [0.15, 0.2) is 0 Å². The zero-order chi connectivity index (χ0) is 13.1. The molecule has 4 nitrogen and oxygen atoms in total. The molecule has 0 saturated carbocycles. The van der Waals surface area contributed by atoms with Crippen molar-refractivity contribution in [2.45, 2.75) is 6.54 Å². The van der Waals surface area contributed by atoms with Gasteiger partial charge in [0.1, 0.15) is 6.33 Å². The van der Waals surface area contributed by atoms with Gasteiger partial charge in [-0.2, -0.15) is 0 Å². The van der Waals surface area contributed by atoms with Crippen molar-refractivity contribution in [3.63, 3.8) is 0 Å². The molecule has 0 unspecified atom stereocenters. The Hall–Kier alpha value is -2.01. The third-order valence-electron chi connectivity index (χ3n) is 2.77. The summed E-state index contributed by atoms with van der Waals surface area (Å²) in [6, 6.07) is 8.14. The van der Waals surface area contributed by atoms with Gasteiger partial charge in [-0.05, 0) is 28.1 Å². The second-order valence-electron chi connectivity index (χ2n) is 4.13. The Labute approximate surface area is 119 Å². The molecule has 1 N–H and O–H groups in total. The number of anilines is 1. The van der Waals surface area contributed by atoms with Crippen LogP contribution in [0.15, 0.2) is 53.7 Å². The molecule has 2 aromatic heterocycles. The molecular formula is C14H11BrN4. The van der Waals surface area contributed by atoms with Crippen molar-refractivity contribution in [2.75, 3.05) is 5.32 Å². The van der Waals surface area contributed by atoms with E-state index in [-0.39, 0.29) is 0 Å². The molecule has 0 aliphatic heterocycles. The van der Waals surface area contributed by atoms with Crippen molar-refractivity contribution in [1.82, 2.24) is 15.0 Å². The molecule has 0 spiro atoms. The summed E-state index contributed by atoms with van der Waals surface area (Å²) in [6.45, 7) is 0.678. The van der Waals surface area contributed by atoms with Crippen molar-refractivity contribution >= 4 is 32.5 Å². The monoisotopic (exact) mass is 314 g/mol. The average Bonchev–Trinajstić information content (AvgIpc) is 2.45. The molecule has 0 fully saturated rings. The number of nitrogens with zero attached hydrogens (tertiary/aromatic N) is 3. The molecule has 3 aromatic rings. The summed E-state index contributed by atoms with van der Waals surface area (Å²) < 4.78 is 0.980. The van der Waals surface area contributed by atoms with E-state index in [4.69, 9.17) is 0 Å². The van der Waals surface area contributed by atoms with E-state index in [1.165, 1.54) is 6.33 Å². The van der Waals surface area contributed by atoms with E-state index in [0.29, 0.717) is 6.54 Å². The molecule has 3 rings (SSSR count). The number of aromatic nitrogens is 3. The van der Waals surface area contributed by atoms with Crippen molar-refractivity contribution in [1.29, 1.82) is 0 Å². The lowest BCUT2D eigenvalue weighted by Crippen LogP contribution is -2.01. The average molecular weight is 315 g/mol. The van der Waals surface area contributed by atoms with Crippen molar-refractivity contribution in [3.8, 4) is 0 Å². The number of nitrogens with one attached hydrogen (secondary N) is 1. The predicted molar refractivity (Wildman–Crippen MR) is 78.8 cm³/mol. The molecule has 0 bridgehead atoms. The van der Waals surface area contributed by atoms with Gasteiger partial charge in [0.05, 0.1) is 11.2 Å². The van der Waals surface area contributed by atoms with Crippen LogP contribution in [-0.4, -0.2) is 15.0 Å². The maximum atomic E-state index is 4.45. The van der Waals surface area contributed by atoms with Crippen LogP contribution in [0.2, 0.25) is 0 Å². The van der Waals surface area contributed by atoms with Crippen LogP contribution >= 0.6 is 15.9 Å². The lowest BCUT2D eigenvalue weighted by atomic mass is 10.2. The van der Waals surface area contributed by atoms with Crippen molar-refractivity contribution in [2.24, 2.45) is 0 Å². The van der Waals surface area contributed by atoms with Gasteiger partial charge < -0.3 is 5.32 Å². The first kappa shape index (κ1) is 12.0. The molecule has 2 heterocycles. The third kappa shape index (κ3) is 2.71.